The van der Waals surface area contributed by atoms with Gasteiger partial charge in [0.25, 0.3) is 0 Å². The number of urea groups is 1. The fraction of sp³-hybridized carbons (Fsp3) is 0.438. The molecule has 0 spiro atoms. The molecule has 2 amide bonds. The highest BCUT2D eigenvalue weighted by Gasteiger charge is 2.25. The molecule has 1 aromatic carbocycles. The first-order valence-corrected chi connectivity index (χ1v) is 8.37. The average Bonchev–Trinajstić information content (AvgIpc) is 3.06. The van der Waals surface area contributed by atoms with Gasteiger partial charge in [-0.1, -0.05) is 28.9 Å². The summed E-state index contributed by atoms with van der Waals surface area (Å²) in [5.41, 5.74) is 1.41. The lowest BCUT2D eigenvalue weighted by molar-refractivity contribution is 0.179. The summed E-state index contributed by atoms with van der Waals surface area (Å²) >= 11 is 6.07. The van der Waals surface area contributed by atoms with Crippen molar-refractivity contribution < 1.29 is 9.90 Å². The third kappa shape index (κ3) is 3.85. The van der Waals surface area contributed by atoms with Gasteiger partial charge in [-0.25, -0.2) is 9.48 Å². The highest BCUT2D eigenvalue weighted by atomic mass is 35.5. The Balaban J connectivity index is 1.54. The molecule has 1 saturated heterocycles. The predicted molar refractivity (Wildman–Crippen MR) is 91.1 cm³/mol. The second kappa shape index (κ2) is 7.63. The van der Waals surface area contributed by atoms with Crippen LogP contribution in [-0.2, 0) is 6.42 Å². The van der Waals surface area contributed by atoms with Gasteiger partial charge in [0.2, 0.25) is 0 Å². The van der Waals surface area contributed by atoms with E-state index in [2.05, 4.69) is 15.6 Å². The van der Waals surface area contributed by atoms with Gasteiger partial charge in [0.05, 0.1) is 22.4 Å². The molecule has 2 heterocycles. The molecule has 24 heavy (non-hydrogen) atoms. The smallest absolute Gasteiger partial charge is 0.321 e. The Morgan fingerprint density at radius 3 is 2.79 bits per heavy atom. The lowest BCUT2D eigenvalue weighted by Crippen LogP contribution is -2.41. The number of nitrogens with zero attached hydrogens (tertiary/aromatic N) is 4. The molecule has 3 rings (SSSR count). The van der Waals surface area contributed by atoms with Gasteiger partial charge in [-0.2, -0.15) is 0 Å². The molecule has 0 atom stereocenters. The number of aromatic nitrogens is 3. The normalized spacial score (nSPS) is 15.5. The number of carbonyl (C=O) groups is 1. The largest absolute Gasteiger partial charge is 0.396 e. The minimum atomic E-state index is -0.138. The monoisotopic (exact) mass is 349 g/mol. The quantitative estimate of drug-likeness (QED) is 0.887. The molecule has 1 aliphatic rings. The fourth-order valence-corrected chi connectivity index (χ4v) is 2.99. The minimum absolute atomic E-state index is 0.0688. The van der Waals surface area contributed by atoms with Gasteiger partial charge < -0.3 is 15.3 Å². The van der Waals surface area contributed by atoms with Gasteiger partial charge >= 0.3 is 6.03 Å². The predicted octanol–water partition coefficient (Wildman–Crippen LogP) is 2.34. The number of para-hydroxylation sites is 1. The van der Waals surface area contributed by atoms with Crippen molar-refractivity contribution in [1.29, 1.82) is 0 Å². The second-order valence-electron chi connectivity index (χ2n) is 5.79. The van der Waals surface area contributed by atoms with Crippen LogP contribution in [0.1, 0.15) is 24.6 Å². The Bertz CT molecular complexity index is 697. The van der Waals surface area contributed by atoms with Crippen LogP contribution in [0, 0.1) is 0 Å². The Morgan fingerprint density at radius 2 is 2.08 bits per heavy atom. The molecular weight excluding hydrogens is 330 g/mol. The summed E-state index contributed by atoms with van der Waals surface area (Å²) in [5, 5.41) is 20.5. The highest BCUT2D eigenvalue weighted by Crippen LogP contribution is 2.24. The maximum Gasteiger partial charge on any atom is 0.321 e. The average molecular weight is 350 g/mol. The van der Waals surface area contributed by atoms with Crippen LogP contribution >= 0.6 is 11.6 Å². The second-order valence-corrected chi connectivity index (χ2v) is 6.20. The molecule has 1 fully saturated rings. The summed E-state index contributed by atoms with van der Waals surface area (Å²) < 4.78 is 1.84. The van der Waals surface area contributed by atoms with Crippen molar-refractivity contribution in [1.82, 2.24) is 19.9 Å². The number of rotatable bonds is 4. The zero-order chi connectivity index (χ0) is 16.9. The van der Waals surface area contributed by atoms with Crippen LogP contribution in [0.5, 0.6) is 0 Å². The molecule has 2 N–H and O–H groups in total. The van der Waals surface area contributed by atoms with E-state index in [4.69, 9.17) is 16.7 Å². The molecule has 0 unspecified atom stereocenters. The number of aliphatic hydroxyl groups excluding tert-OH is 1. The SMILES string of the molecule is O=C(Nc1ccccc1Cl)N1CCC(n2cc(CCO)nn2)CC1. The van der Waals surface area contributed by atoms with Gasteiger partial charge in [0.15, 0.2) is 0 Å². The summed E-state index contributed by atoms with van der Waals surface area (Å²) in [6, 6.07) is 7.29. The minimum Gasteiger partial charge on any atom is -0.396 e. The topological polar surface area (TPSA) is 83.3 Å². The van der Waals surface area contributed by atoms with Crippen LogP contribution in [0.2, 0.25) is 5.02 Å². The molecule has 0 saturated carbocycles. The maximum absolute atomic E-state index is 12.3. The standard InChI is InChI=1S/C16H20ClN5O2/c17-14-3-1-2-4-15(14)18-16(24)21-8-5-13(6-9-21)22-11-12(7-10-23)19-20-22/h1-4,11,13,23H,5-10H2,(H,18,24). The van der Waals surface area contributed by atoms with E-state index < -0.39 is 0 Å². The Morgan fingerprint density at radius 1 is 1.33 bits per heavy atom. The number of likely N-dealkylation sites (tertiary alicyclic amines) is 1. The van der Waals surface area contributed by atoms with E-state index in [0.717, 1.165) is 18.5 Å². The summed E-state index contributed by atoms with van der Waals surface area (Å²) in [7, 11) is 0. The number of carbonyl (C=O) groups excluding carboxylic acids is 1. The van der Waals surface area contributed by atoms with Crippen molar-refractivity contribution in [3.63, 3.8) is 0 Å². The number of hydrogen-bond donors (Lipinski definition) is 2. The number of benzene rings is 1. The van der Waals surface area contributed by atoms with Crippen molar-refractivity contribution in [3.8, 4) is 0 Å². The van der Waals surface area contributed by atoms with Crippen molar-refractivity contribution >= 4 is 23.3 Å². The molecule has 7 nitrogen and oxygen atoms in total. The number of amides is 2. The van der Waals surface area contributed by atoms with E-state index in [1.165, 1.54) is 0 Å². The number of halogens is 1. The molecular formula is C16H20ClN5O2. The van der Waals surface area contributed by atoms with Crippen molar-refractivity contribution in [3.05, 3.63) is 41.2 Å². The van der Waals surface area contributed by atoms with E-state index >= 15 is 0 Å². The number of hydrogen-bond acceptors (Lipinski definition) is 4. The maximum atomic E-state index is 12.3. The lowest BCUT2D eigenvalue weighted by atomic mass is 10.1. The van der Waals surface area contributed by atoms with Crippen LogP contribution < -0.4 is 5.32 Å². The number of aliphatic hydroxyl groups is 1. The zero-order valence-corrected chi connectivity index (χ0v) is 14.0. The molecule has 8 heteroatoms. The summed E-state index contributed by atoms with van der Waals surface area (Å²) in [6.07, 6.45) is 4.02. The molecule has 1 aliphatic heterocycles. The lowest BCUT2D eigenvalue weighted by Gasteiger charge is -2.31. The van der Waals surface area contributed by atoms with E-state index in [1.807, 2.05) is 23.0 Å². The molecule has 0 aliphatic carbocycles. The van der Waals surface area contributed by atoms with Crippen LogP contribution in [0.3, 0.4) is 0 Å². The fourth-order valence-electron chi connectivity index (χ4n) is 2.81. The first-order valence-electron chi connectivity index (χ1n) is 7.99. The molecule has 0 bridgehead atoms. The Hall–Kier alpha value is -2.12. The Labute approximate surface area is 145 Å². The summed E-state index contributed by atoms with van der Waals surface area (Å²) in [5.74, 6) is 0. The van der Waals surface area contributed by atoms with Crippen LogP contribution in [0.15, 0.2) is 30.5 Å². The first kappa shape index (κ1) is 16.7. The third-order valence-electron chi connectivity index (χ3n) is 4.17. The highest BCUT2D eigenvalue weighted by molar-refractivity contribution is 6.33. The van der Waals surface area contributed by atoms with Crippen LogP contribution in [-0.4, -0.2) is 50.7 Å². The molecule has 2 aromatic rings. The van der Waals surface area contributed by atoms with Crippen molar-refractivity contribution in [2.24, 2.45) is 0 Å². The van der Waals surface area contributed by atoms with Gasteiger partial charge in [-0.3, -0.25) is 0 Å². The van der Waals surface area contributed by atoms with E-state index in [-0.39, 0.29) is 18.7 Å². The van der Waals surface area contributed by atoms with Gasteiger partial charge in [-0.05, 0) is 25.0 Å². The first-order chi connectivity index (χ1) is 11.7. The summed E-state index contributed by atoms with van der Waals surface area (Å²) in [4.78, 5) is 14.1. The van der Waals surface area contributed by atoms with E-state index in [9.17, 15) is 4.79 Å². The van der Waals surface area contributed by atoms with Gasteiger partial charge in [-0.15, -0.1) is 5.10 Å². The Kier molecular flexibility index (Phi) is 5.32. The number of anilines is 1. The molecule has 0 radical (unpaired) electrons. The third-order valence-corrected chi connectivity index (χ3v) is 4.50. The number of nitrogens with one attached hydrogen (secondary N) is 1. The van der Waals surface area contributed by atoms with E-state index in [1.54, 1.807) is 17.0 Å². The van der Waals surface area contributed by atoms with Crippen molar-refractivity contribution in [2.45, 2.75) is 25.3 Å². The zero-order valence-electron chi connectivity index (χ0n) is 13.2. The van der Waals surface area contributed by atoms with E-state index in [0.29, 0.717) is 30.2 Å². The van der Waals surface area contributed by atoms with Crippen molar-refractivity contribution in [2.75, 3.05) is 25.0 Å². The van der Waals surface area contributed by atoms with Crippen LogP contribution in [0.4, 0.5) is 10.5 Å². The number of piperidine rings is 1. The molecule has 1 aromatic heterocycles. The molecule has 128 valence electrons. The van der Waals surface area contributed by atoms with Crippen LogP contribution in [0.25, 0.3) is 0 Å². The summed E-state index contributed by atoms with van der Waals surface area (Å²) in [6.45, 7) is 1.37. The van der Waals surface area contributed by atoms with Gasteiger partial charge in [0, 0.05) is 32.3 Å². The van der Waals surface area contributed by atoms with Gasteiger partial charge in [0.1, 0.15) is 0 Å².